The third kappa shape index (κ3) is 5.12. The molecule has 1 N–H and O–H groups in total. The molecule has 32 heavy (non-hydrogen) atoms. The first-order valence-corrected chi connectivity index (χ1v) is 12.3. The molecule has 2 aromatic rings. The van der Waals surface area contributed by atoms with Crippen LogP contribution in [0, 0.1) is 11.8 Å². The third-order valence-corrected chi connectivity index (χ3v) is 7.54. The van der Waals surface area contributed by atoms with Crippen molar-refractivity contribution < 1.29 is 11.0 Å². The highest BCUT2D eigenvalue weighted by Gasteiger charge is 2.31. The van der Waals surface area contributed by atoms with Crippen molar-refractivity contribution in [3.05, 3.63) is 35.0 Å². The molecule has 2 saturated heterocycles. The van der Waals surface area contributed by atoms with E-state index in [0.717, 1.165) is 49.6 Å². The van der Waals surface area contributed by atoms with Crippen LogP contribution in [0.25, 0.3) is 10.9 Å². The molecule has 1 aromatic carbocycles. The SMILES string of the molecule is [2H]c1[nH]c2cc(C(=O)N(CCC)CC(=O)N3CCC(C4CCN(C)CC4)CC3)ccc2c1Cl. The molecule has 2 aliphatic rings. The highest BCUT2D eigenvalue weighted by atomic mass is 35.5. The van der Waals surface area contributed by atoms with Crippen molar-refractivity contribution >= 4 is 34.3 Å². The highest BCUT2D eigenvalue weighted by Crippen LogP contribution is 2.32. The van der Waals surface area contributed by atoms with Crippen LogP contribution >= 0.6 is 11.6 Å². The minimum atomic E-state index is -0.162. The zero-order valence-electron chi connectivity index (χ0n) is 20.2. The molecule has 0 atom stereocenters. The number of piperidine rings is 2. The van der Waals surface area contributed by atoms with Crippen LogP contribution in [0.5, 0.6) is 0 Å². The van der Waals surface area contributed by atoms with Crippen LogP contribution < -0.4 is 0 Å². The third-order valence-electron chi connectivity index (χ3n) is 7.24. The van der Waals surface area contributed by atoms with Gasteiger partial charge in [0.25, 0.3) is 5.91 Å². The smallest absolute Gasteiger partial charge is 0.254 e. The summed E-state index contributed by atoms with van der Waals surface area (Å²) in [5.41, 5.74) is 1.16. The summed E-state index contributed by atoms with van der Waals surface area (Å²) in [6, 6.07) is 5.21. The lowest BCUT2D eigenvalue weighted by Crippen LogP contribution is -2.47. The van der Waals surface area contributed by atoms with E-state index in [4.69, 9.17) is 13.0 Å². The van der Waals surface area contributed by atoms with Crippen LogP contribution in [-0.2, 0) is 4.79 Å². The second-order valence-electron chi connectivity index (χ2n) is 9.41. The number of amides is 2. The van der Waals surface area contributed by atoms with Gasteiger partial charge in [-0.15, -0.1) is 0 Å². The van der Waals surface area contributed by atoms with Crippen molar-refractivity contribution in [2.75, 3.05) is 46.3 Å². The van der Waals surface area contributed by atoms with Gasteiger partial charge in [-0.2, -0.15) is 0 Å². The van der Waals surface area contributed by atoms with Crippen LogP contribution in [0.2, 0.25) is 5.02 Å². The van der Waals surface area contributed by atoms with E-state index in [1.807, 2.05) is 11.8 Å². The Bertz CT molecular complexity index is 994. The molecule has 7 heteroatoms. The van der Waals surface area contributed by atoms with Gasteiger partial charge in [0.15, 0.2) is 0 Å². The predicted molar refractivity (Wildman–Crippen MR) is 129 cm³/mol. The van der Waals surface area contributed by atoms with Gasteiger partial charge in [0.05, 0.1) is 6.39 Å². The lowest BCUT2D eigenvalue weighted by molar-refractivity contribution is -0.133. The fraction of sp³-hybridized carbons (Fsp3) is 0.600. The van der Waals surface area contributed by atoms with Gasteiger partial charge in [-0.1, -0.05) is 24.6 Å². The molecule has 3 heterocycles. The van der Waals surface area contributed by atoms with Crippen molar-refractivity contribution in [2.24, 2.45) is 11.8 Å². The van der Waals surface area contributed by atoms with Gasteiger partial charge in [0, 0.05) is 42.3 Å². The fourth-order valence-electron chi connectivity index (χ4n) is 5.25. The van der Waals surface area contributed by atoms with Crippen molar-refractivity contribution in [3.8, 4) is 0 Å². The van der Waals surface area contributed by atoms with Crippen LogP contribution in [0.4, 0.5) is 0 Å². The Labute approximate surface area is 197 Å². The number of carbonyl (C=O) groups is 2. The van der Waals surface area contributed by atoms with E-state index in [-0.39, 0.29) is 24.5 Å². The van der Waals surface area contributed by atoms with Crippen molar-refractivity contribution in [2.45, 2.75) is 39.0 Å². The average Bonchev–Trinajstić information content (AvgIpc) is 3.11. The Morgan fingerprint density at radius 1 is 1.16 bits per heavy atom. The summed E-state index contributed by atoms with van der Waals surface area (Å²) in [4.78, 5) is 35.2. The summed E-state index contributed by atoms with van der Waals surface area (Å²) in [5, 5.41) is 1.08. The molecule has 0 aliphatic carbocycles. The van der Waals surface area contributed by atoms with Gasteiger partial charge in [-0.3, -0.25) is 9.59 Å². The van der Waals surface area contributed by atoms with Crippen LogP contribution in [-0.4, -0.2) is 77.8 Å². The van der Waals surface area contributed by atoms with Gasteiger partial charge in [0.1, 0.15) is 6.54 Å². The second kappa shape index (κ2) is 10.3. The van der Waals surface area contributed by atoms with Crippen molar-refractivity contribution in [1.82, 2.24) is 19.7 Å². The predicted octanol–water partition coefficient (Wildman–Crippen LogP) is 4.25. The first-order valence-electron chi connectivity index (χ1n) is 12.4. The Hall–Kier alpha value is -2.05. The summed E-state index contributed by atoms with van der Waals surface area (Å²) < 4.78 is 7.84. The van der Waals surface area contributed by atoms with Gasteiger partial charge >= 0.3 is 0 Å². The van der Waals surface area contributed by atoms with Crippen LogP contribution in [0.1, 0.15) is 50.8 Å². The van der Waals surface area contributed by atoms with E-state index >= 15 is 0 Å². The monoisotopic (exact) mass is 459 g/mol. The molecular formula is C25H35ClN4O2. The summed E-state index contributed by atoms with van der Waals surface area (Å²) in [6.07, 6.45) is 5.60. The lowest BCUT2D eigenvalue weighted by atomic mass is 9.79. The second-order valence-corrected chi connectivity index (χ2v) is 9.79. The molecule has 174 valence electrons. The summed E-state index contributed by atoms with van der Waals surface area (Å²) in [7, 11) is 2.19. The van der Waals surface area contributed by atoms with Gasteiger partial charge in [-0.25, -0.2) is 0 Å². The van der Waals surface area contributed by atoms with Gasteiger partial charge in [0.2, 0.25) is 5.91 Å². The maximum absolute atomic E-state index is 13.2. The minimum Gasteiger partial charge on any atom is -0.360 e. The van der Waals surface area contributed by atoms with Gasteiger partial charge in [-0.05, 0) is 76.2 Å². The first-order chi connectivity index (χ1) is 15.9. The molecular weight excluding hydrogens is 424 g/mol. The molecule has 2 fully saturated rings. The number of likely N-dealkylation sites (tertiary alicyclic amines) is 2. The van der Waals surface area contributed by atoms with Gasteiger partial charge < -0.3 is 19.7 Å². The molecule has 0 spiro atoms. The first kappa shape index (κ1) is 21.8. The molecule has 0 saturated carbocycles. The number of nitrogens with zero attached hydrogens (tertiary/aromatic N) is 3. The number of hydrogen-bond acceptors (Lipinski definition) is 3. The zero-order chi connectivity index (χ0) is 23.5. The minimum absolute atomic E-state index is 0.0380. The standard InChI is InChI=1S/C25H35ClN4O2/c1-3-10-30(25(32)20-4-5-21-22(26)16-27-23(21)15-20)17-24(31)29-13-8-19(9-14-29)18-6-11-28(2)12-7-18/h4-5,15-16,18-19,27H,3,6-14,17H2,1-2H3/i16D. The normalized spacial score (nSPS) is 19.3. The van der Waals surface area contributed by atoms with E-state index in [1.165, 1.54) is 25.9 Å². The summed E-state index contributed by atoms with van der Waals surface area (Å²) in [5.74, 6) is 1.39. The van der Waals surface area contributed by atoms with Crippen LogP contribution in [0.3, 0.4) is 0 Å². The van der Waals surface area contributed by atoms with Crippen molar-refractivity contribution in [3.63, 3.8) is 0 Å². The van der Waals surface area contributed by atoms with Crippen LogP contribution in [0.15, 0.2) is 24.4 Å². The molecule has 2 amide bonds. The number of H-pyrrole nitrogens is 1. The largest absolute Gasteiger partial charge is 0.360 e. The van der Waals surface area contributed by atoms with E-state index in [1.54, 1.807) is 23.1 Å². The van der Waals surface area contributed by atoms with E-state index < -0.39 is 0 Å². The van der Waals surface area contributed by atoms with E-state index in [9.17, 15) is 9.59 Å². The Kier molecular flexibility index (Phi) is 6.98. The molecule has 0 bridgehead atoms. The Morgan fingerprint density at radius 2 is 1.81 bits per heavy atom. The zero-order valence-corrected chi connectivity index (χ0v) is 20.0. The fourth-order valence-corrected chi connectivity index (χ4v) is 5.46. The number of aromatic amines is 1. The molecule has 2 aliphatic heterocycles. The number of carbonyl (C=O) groups excluding carboxylic acids is 2. The van der Waals surface area contributed by atoms with E-state index in [0.29, 0.717) is 22.6 Å². The van der Waals surface area contributed by atoms with E-state index in [2.05, 4.69) is 16.9 Å². The number of benzene rings is 1. The number of halogens is 1. The molecule has 6 nitrogen and oxygen atoms in total. The maximum atomic E-state index is 13.2. The number of fused-ring (bicyclic) bond motifs is 1. The number of aromatic nitrogens is 1. The quantitative estimate of drug-likeness (QED) is 0.702. The molecule has 4 rings (SSSR count). The average molecular weight is 460 g/mol. The number of hydrogen-bond donors (Lipinski definition) is 1. The molecule has 0 radical (unpaired) electrons. The summed E-state index contributed by atoms with van der Waals surface area (Å²) >= 11 is 6.14. The highest BCUT2D eigenvalue weighted by molar-refractivity contribution is 6.35. The lowest BCUT2D eigenvalue weighted by Gasteiger charge is -2.39. The number of rotatable bonds is 6. The molecule has 0 unspecified atom stereocenters. The molecule has 1 aromatic heterocycles. The Morgan fingerprint density at radius 3 is 2.47 bits per heavy atom. The maximum Gasteiger partial charge on any atom is 0.254 e. The number of nitrogens with one attached hydrogen (secondary N) is 1. The summed E-state index contributed by atoms with van der Waals surface area (Å²) in [6.45, 7) is 6.61. The topological polar surface area (TPSA) is 59.7 Å². The van der Waals surface area contributed by atoms with Crippen molar-refractivity contribution in [1.29, 1.82) is 0 Å². The Balaban J connectivity index is 1.36.